The first-order valence-corrected chi connectivity index (χ1v) is 12.9. The Hall–Kier alpha value is -2.32. The molecule has 1 heterocycles. The van der Waals surface area contributed by atoms with Crippen molar-refractivity contribution in [1.82, 2.24) is 0 Å². The highest BCUT2D eigenvalue weighted by Gasteiger charge is 2.52. The highest BCUT2D eigenvalue weighted by Crippen LogP contribution is 2.53. The van der Waals surface area contributed by atoms with Gasteiger partial charge in [-0.2, -0.15) is 0 Å². The highest BCUT2D eigenvalue weighted by atomic mass is 127. The number of benzene rings is 3. The molecule has 1 unspecified atom stereocenters. The van der Waals surface area contributed by atoms with Crippen LogP contribution in [0.1, 0.15) is 29.0 Å². The van der Waals surface area contributed by atoms with E-state index in [0.29, 0.717) is 6.42 Å². The summed E-state index contributed by atoms with van der Waals surface area (Å²) in [5, 5.41) is -0.0268. The van der Waals surface area contributed by atoms with Crippen LogP contribution in [0.4, 0.5) is 0 Å². The van der Waals surface area contributed by atoms with Crippen molar-refractivity contribution in [3.63, 3.8) is 0 Å². The standard InChI is InChI=1S/C27H25IO4S/c1-31-26(30)27(21-15-9-4-10-16-21)17-22(28)23(33-27)18-32-25(29)24(19-11-5-2-6-12-19)20-13-7-3-8-14-20/h2-16,22-24H,17-18H2,1H3/t22-,23-,27?/m0/s1. The summed E-state index contributed by atoms with van der Waals surface area (Å²) >= 11 is 3.90. The topological polar surface area (TPSA) is 52.6 Å². The Morgan fingerprint density at radius 1 is 0.939 bits per heavy atom. The van der Waals surface area contributed by atoms with Gasteiger partial charge in [0.15, 0.2) is 0 Å². The molecule has 1 aliphatic heterocycles. The van der Waals surface area contributed by atoms with E-state index in [0.717, 1.165) is 16.7 Å². The van der Waals surface area contributed by atoms with E-state index in [1.807, 2.05) is 91.0 Å². The van der Waals surface area contributed by atoms with Crippen molar-refractivity contribution in [3.05, 3.63) is 108 Å². The molecular weight excluding hydrogens is 547 g/mol. The predicted molar refractivity (Wildman–Crippen MR) is 140 cm³/mol. The van der Waals surface area contributed by atoms with Crippen LogP contribution in [0.25, 0.3) is 0 Å². The van der Waals surface area contributed by atoms with Crippen LogP contribution in [0.15, 0.2) is 91.0 Å². The van der Waals surface area contributed by atoms with Crippen LogP contribution >= 0.6 is 34.4 Å². The summed E-state index contributed by atoms with van der Waals surface area (Å²) in [5.74, 6) is -1.04. The lowest BCUT2D eigenvalue weighted by Crippen LogP contribution is -2.32. The Morgan fingerprint density at radius 3 is 1.97 bits per heavy atom. The summed E-state index contributed by atoms with van der Waals surface area (Å²) in [5.41, 5.74) is 2.71. The van der Waals surface area contributed by atoms with Crippen LogP contribution in [-0.4, -0.2) is 34.8 Å². The molecule has 6 heteroatoms. The number of carbonyl (C=O) groups excluding carboxylic acids is 2. The van der Waals surface area contributed by atoms with Gasteiger partial charge in [0.2, 0.25) is 0 Å². The maximum absolute atomic E-state index is 13.3. The van der Waals surface area contributed by atoms with Crippen LogP contribution in [0.3, 0.4) is 0 Å². The first-order chi connectivity index (χ1) is 16.0. The molecule has 0 N–H and O–H groups in total. The number of hydrogen-bond donors (Lipinski definition) is 0. The van der Waals surface area contributed by atoms with E-state index in [4.69, 9.17) is 9.47 Å². The Kier molecular flexibility index (Phi) is 7.75. The molecular formula is C27H25IO4S. The van der Waals surface area contributed by atoms with Crippen LogP contribution in [0, 0.1) is 0 Å². The predicted octanol–water partition coefficient (Wildman–Crippen LogP) is 5.74. The Bertz CT molecular complexity index is 1040. The molecule has 4 nitrogen and oxygen atoms in total. The van der Waals surface area contributed by atoms with Gasteiger partial charge in [-0.1, -0.05) is 114 Å². The van der Waals surface area contributed by atoms with Crippen molar-refractivity contribution in [2.24, 2.45) is 0 Å². The second kappa shape index (κ2) is 10.7. The van der Waals surface area contributed by atoms with Gasteiger partial charge in [-0.15, -0.1) is 11.8 Å². The van der Waals surface area contributed by atoms with E-state index in [-0.39, 0.29) is 27.7 Å². The number of carbonyl (C=O) groups is 2. The van der Waals surface area contributed by atoms with Crippen molar-refractivity contribution in [2.75, 3.05) is 13.7 Å². The van der Waals surface area contributed by atoms with Crippen molar-refractivity contribution in [1.29, 1.82) is 0 Å². The summed E-state index contributed by atoms with van der Waals surface area (Å²) < 4.78 is 10.4. The molecule has 3 atom stereocenters. The minimum absolute atomic E-state index is 0.0268. The van der Waals surface area contributed by atoms with Gasteiger partial charge in [0.05, 0.1) is 12.4 Å². The van der Waals surface area contributed by atoms with Gasteiger partial charge in [-0.05, 0) is 23.1 Å². The zero-order valence-electron chi connectivity index (χ0n) is 18.2. The number of esters is 2. The summed E-state index contributed by atoms with van der Waals surface area (Å²) in [6.07, 6.45) is 0.623. The monoisotopic (exact) mass is 572 g/mol. The number of alkyl halides is 1. The molecule has 170 valence electrons. The molecule has 0 bridgehead atoms. The second-order valence-electron chi connectivity index (χ2n) is 7.95. The fourth-order valence-electron chi connectivity index (χ4n) is 4.24. The second-order valence-corrected chi connectivity index (χ2v) is 11.1. The number of halogens is 1. The van der Waals surface area contributed by atoms with Crippen molar-refractivity contribution < 1.29 is 19.1 Å². The normalized spacial score (nSPS) is 22.2. The van der Waals surface area contributed by atoms with Gasteiger partial charge >= 0.3 is 11.9 Å². The van der Waals surface area contributed by atoms with E-state index < -0.39 is 10.7 Å². The minimum Gasteiger partial charge on any atom is -0.468 e. The molecule has 1 saturated heterocycles. The molecule has 33 heavy (non-hydrogen) atoms. The smallest absolute Gasteiger partial charge is 0.326 e. The third-order valence-corrected chi connectivity index (χ3v) is 9.42. The molecule has 4 rings (SSSR count). The maximum Gasteiger partial charge on any atom is 0.326 e. The number of thioether (sulfide) groups is 1. The lowest BCUT2D eigenvalue weighted by atomic mass is 9.91. The van der Waals surface area contributed by atoms with Gasteiger partial charge in [0.1, 0.15) is 17.3 Å². The van der Waals surface area contributed by atoms with Crippen molar-refractivity contribution >= 4 is 46.3 Å². The van der Waals surface area contributed by atoms with Crippen LogP contribution < -0.4 is 0 Å². The highest BCUT2D eigenvalue weighted by molar-refractivity contribution is 14.1. The van der Waals surface area contributed by atoms with E-state index in [2.05, 4.69) is 22.6 Å². The first-order valence-electron chi connectivity index (χ1n) is 10.8. The van der Waals surface area contributed by atoms with E-state index in [1.165, 1.54) is 18.9 Å². The average molecular weight is 572 g/mol. The number of hydrogen-bond acceptors (Lipinski definition) is 5. The summed E-state index contributed by atoms with van der Waals surface area (Å²) in [6, 6.07) is 29.1. The molecule has 1 aliphatic rings. The van der Waals surface area contributed by atoms with Gasteiger partial charge < -0.3 is 9.47 Å². The largest absolute Gasteiger partial charge is 0.468 e. The first kappa shape index (κ1) is 23.8. The summed E-state index contributed by atoms with van der Waals surface area (Å²) in [4.78, 5) is 26.2. The Balaban J connectivity index is 1.53. The molecule has 0 aliphatic carbocycles. The van der Waals surface area contributed by atoms with Crippen LogP contribution in [0.5, 0.6) is 0 Å². The molecule has 3 aromatic rings. The fraction of sp³-hybridized carbons (Fsp3) is 0.259. The average Bonchev–Trinajstić information content (AvgIpc) is 3.21. The van der Waals surface area contributed by atoms with Gasteiger partial charge in [0.25, 0.3) is 0 Å². The van der Waals surface area contributed by atoms with Gasteiger partial charge in [-0.25, -0.2) is 0 Å². The van der Waals surface area contributed by atoms with Crippen LogP contribution in [-0.2, 0) is 23.8 Å². The number of ether oxygens (including phenoxy) is 2. The lowest BCUT2D eigenvalue weighted by molar-refractivity contribution is -0.145. The quantitative estimate of drug-likeness (QED) is 0.206. The fourth-order valence-corrected chi connectivity index (χ4v) is 7.47. The maximum atomic E-state index is 13.3. The molecule has 0 aromatic heterocycles. The molecule has 0 radical (unpaired) electrons. The minimum atomic E-state index is -0.794. The van der Waals surface area contributed by atoms with Gasteiger partial charge in [0, 0.05) is 3.92 Å². The Morgan fingerprint density at radius 2 is 1.45 bits per heavy atom. The molecule has 0 saturated carbocycles. The third kappa shape index (κ3) is 5.11. The Labute approximate surface area is 212 Å². The zero-order valence-corrected chi connectivity index (χ0v) is 21.2. The van der Waals surface area contributed by atoms with E-state index in [1.54, 1.807) is 0 Å². The van der Waals surface area contributed by atoms with E-state index in [9.17, 15) is 9.59 Å². The zero-order chi connectivity index (χ0) is 23.3. The lowest BCUT2D eigenvalue weighted by Gasteiger charge is -2.26. The van der Waals surface area contributed by atoms with Gasteiger partial charge in [-0.3, -0.25) is 9.59 Å². The molecule has 0 spiro atoms. The number of rotatable bonds is 7. The number of methoxy groups -OCH3 is 1. The van der Waals surface area contributed by atoms with E-state index >= 15 is 0 Å². The van der Waals surface area contributed by atoms with Crippen molar-refractivity contribution in [2.45, 2.75) is 26.3 Å². The summed E-state index contributed by atoms with van der Waals surface area (Å²) in [7, 11) is 1.42. The molecule has 3 aromatic carbocycles. The van der Waals surface area contributed by atoms with Crippen LogP contribution in [0.2, 0.25) is 0 Å². The third-order valence-electron chi connectivity index (χ3n) is 5.89. The molecule has 0 amide bonds. The SMILES string of the molecule is COC(=O)C1(c2ccccc2)C[C@H](I)[C@H](COC(=O)C(c2ccccc2)c2ccccc2)S1. The summed E-state index contributed by atoms with van der Waals surface area (Å²) in [6.45, 7) is 0.235. The molecule has 1 fully saturated rings. The van der Waals surface area contributed by atoms with Crippen molar-refractivity contribution in [3.8, 4) is 0 Å².